The third kappa shape index (κ3) is 3.51. The molecule has 7 nitrogen and oxygen atoms in total. The van der Waals surface area contributed by atoms with Gasteiger partial charge in [0.05, 0.1) is 32.0 Å². The molecule has 0 aromatic heterocycles. The average Bonchev–Trinajstić information content (AvgIpc) is 2.44. The highest BCUT2D eigenvalue weighted by atomic mass is 16.5. The van der Waals surface area contributed by atoms with E-state index >= 15 is 0 Å². The number of likely N-dealkylation sites (N-methyl/N-ethyl adjacent to an activating group) is 1. The van der Waals surface area contributed by atoms with Gasteiger partial charge in [0.2, 0.25) is 5.91 Å². The van der Waals surface area contributed by atoms with Gasteiger partial charge in [-0.25, -0.2) is 0 Å². The van der Waals surface area contributed by atoms with E-state index in [1.807, 2.05) is 0 Å². The smallest absolute Gasteiger partial charge is 0.254 e. The number of carbonyl (C=O) groups is 2. The number of carbonyl (C=O) groups excluding carboxylic acids is 2. The molecule has 0 bridgehead atoms. The third-order valence-corrected chi connectivity index (χ3v) is 2.50. The summed E-state index contributed by atoms with van der Waals surface area (Å²) in [4.78, 5) is 23.0. The number of hydrogen-bond acceptors (Lipinski definition) is 5. The number of nitrogens with two attached hydrogens (primary N) is 1. The van der Waals surface area contributed by atoms with Gasteiger partial charge >= 0.3 is 0 Å². The van der Waals surface area contributed by atoms with Crippen LogP contribution in [0.2, 0.25) is 0 Å². The van der Waals surface area contributed by atoms with E-state index in [4.69, 9.17) is 15.2 Å². The summed E-state index contributed by atoms with van der Waals surface area (Å²) >= 11 is 0. The number of rotatable bonds is 5. The van der Waals surface area contributed by atoms with Crippen molar-refractivity contribution in [2.24, 2.45) is 0 Å². The fraction of sp³-hybridized carbons (Fsp3) is 0.333. The van der Waals surface area contributed by atoms with Crippen LogP contribution < -0.4 is 25.8 Å². The van der Waals surface area contributed by atoms with E-state index in [2.05, 4.69) is 10.6 Å². The highest BCUT2D eigenvalue weighted by Gasteiger charge is 2.16. The van der Waals surface area contributed by atoms with Gasteiger partial charge in [0, 0.05) is 13.1 Å². The molecule has 0 atom stereocenters. The fourth-order valence-electron chi connectivity index (χ4n) is 1.42. The number of amides is 2. The van der Waals surface area contributed by atoms with Gasteiger partial charge in [-0.05, 0) is 6.07 Å². The van der Waals surface area contributed by atoms with Crippen LogP contribution in [0.1, 0.15) is 10.4 Å². The number of anilines is 1. The van der Waals surface area contributed by atoms with Crippen molar-refractivity contribution in [3.8, 4) is 11.5 Å². The van der Waals surface area contributed by atoms with Gasteiger partial charge in [-0.1, -0.05) is 0 Å². The van der Waals surface area contributed by atoms with E-state index in [1.165, 1.54) is 27.3 Å². The van der Waals surface area contributed by atoms with Gasteiger partial charge in [-0.2, -0.15) is 0 Å². The normalized spacial score (nSPS) is 9.63. The summed E-state index contributed by atoms with van der Waals surface area (Å²) in [5.74, 6) is 0.000619. The summed E-state index contributed by atoms with van der Waals surface area (Å²) in [5, 5.41) is 4.85. The second-order valence-corrected chi connectivity index (χ2v) is 3.65. The molecule has 0 saturated heterocycles. The summed E-state index contributed by atoms with van der Waals surface area (Å²) in [5.41, 5.74) is 6.20. The minimum atomic E-state index is -0.474. The van der Waals surface area contributed by atoms with E-state index in [9.17, 15) is 9.59 Å². The third-order valence-electron chi connectivity index (χ3n) is 2.50. The lowest BCUT2D eigenvalue weighted by atomic mass is 10.1. The van der Waals surface area contributed by atoms with Crippen LogP contribution in [0.5, 0.6) is 11.5 Å². The maximum absolute atomic E-state index is 11.9. The highest BCUT2D eigenvalue weighted by Crippen LogP contribution is 2.30. The molecule has 0 unspecified atom stereocenters. The quantitative estimate of drug-likeness (QED) is 0.639. The second-order valence-electron chi connectivity index (χ2n) is 3.65. The molecule has 0 aliphatic rings. The lowest BCUT2D eigenvalue weighted by Crippen LogP contribution is -2.35. The van der Waals surface area contributed by atoms with Crippen LogP contribution in [0.4, 0.5) is 5.69 Å². The Morgan fingerprint density at radius 1 is 1.26 bits per heavy atom. The first kappa shape index (κ1) is 14.6. The van der Waals surface area contributed by atoms with Crippen molar-refractivity contribution in [3.05, 3.63) is 17.7 Å². The van der Waals surface area contributed by atoms with Gasteiger partial charge in [0.15, 0.2) is 0 Å². The van der Waals surface area contributed by atoms with Crippen molar-refractivity contribution in [1.29, 1.82) is 0 Å². The van der Waals surface area contributed by atoms with Gasteiger partial charge in [-0.15, -0.1) is 0 Å². The number of ether oxygens (including phenoxy) is 2. The Labute approximate surface area is 111 Å². The molecule has 0 heterocycles. The van der Waals surface area contributed by atoms with Crippen LogP contribution in [-0.4, -0.2) is 39.6 Å². The average molecular weight is 267 g/mol. The standard InChI is InChI=1S/C12H17N3O4/c1-14-10(16)6-15-12(17)8-4-7(18-2)5-9(19-3)11(8)13/h4-5H,6,13H2,1-3H3,(H,14,16)(H,15,17). The number of nitrogen functional groups attached to an aromatic ring is 1. The number of methoxy groups -OCH3 is 2. The molecular formula is C12H17N3O4. The summed E-state index contributed by atoms with van der Waals surface area (Å²) in [6, 6.07) is 3.06. The zero-order valence-corrected chi connectivity index (χ0v) is 11.1. The van der Waals surface area contributed by atoms with Crippen LogP contribution in [-0.2, 0) is 4.79 Å². The van der Waals surface area contributed by atoms with Crippen LogP contribution in [0.25, 0.3) is 0 Å². The molecule has 19 heavy (non-hydrogen) atoms. The van der Waals surface area contributed by atoms with Gasteiger partial charge in [0.1, 0.15) is 11.5 Å². The Balaban J connectivity index is 2.98. The first-order valence-electron chi connectivity index (χ1n) is 5.53. The van der Waals surface area contributed by atoms with Crippen molar-refractivity contribution in [3.63, 3.8) is 0 Å². The topological polar surface area (TPSA) is 103 Å². The molecule has 1 aromatic carbocycles. The molecule has 1 rings (SSSR count). The molecule has 104 valence electrons. The largest absolute Gasteiger partial charge is 0.497 e. The molecule has 1 aromatic rings. The maximum Gasteiger partial charge on any atom is 0.254 e. The first-order chi connectivity index (χ1) is 9.03. The van der Waals surface area contributed by atoms with E-state index in [0.717, 1.165) is 0 Å². The van der Waals surface area contributed by atoms with Gasteiger partial charge < -0.3 is 25.8 Å². The minimum Gasteiger partial charge on any atom is -0.497 e. The lowest BCUT2D eigenvalue weighted by Gasteiger charge is -2.12. The lowest BCUT2D eigenvalue weighted by molar-refractivity contribution is -0.119. The van der Waals surface area contributed by atoms with Crippen LogP contribution in [0.3, 0.4) is 0 Å². The molecule has 0 radical (unpaired) electrons. The SMILES string of the molecule is CNC(=O)CNC(=O)c1cc(OC)cc(OC)c1N. The molecule has 2 amide bonds. The Morgan fingerprint density at radius 2 is 1.95 bits per heavy atom. The molecular weight excluding hydrogens is 250 g/mol. The number of hydrogen-bond donors (Lipinski definition) is 3. The summed E-state index contributed by atoms with van der Waals surface area (Å²) in [6.07, 6.45) is 0. The van der Waals surface area contributed by atoms with Crippen molar-refractivity contribution in [2.45, 2.75) is 0 Å². The van der Waals surface area contributed by atoms with Crippen molar-refractivity contribution >= 4 is 17.5 Å². The molecule has 0 saturated carbocycles. The Morgan fingerprint density at radius 3 is 2.47 bits per heavy atom. The van der Waals surface area contributed by atoms with E-state index in [-0.39, 0.29) is 23.7 Å². The zero-order valence-electron chi connectivity index (χ0n) is 11.1. The van der Waals surface area contributed by atoms with Gasteiger partial charge in [-0.3, -0.25) is 9.59 Å². The Hall–Kier alpha value is -2.44. The molecule has 7 heteroatoms. The first-order valence-corrected chi connectivity index (χ1v) is 5.53. The molecule has 0 aliphatic carbocycles. The van der Waals surface area contributed by atoms with Crippen LogP contribution in [0, 0.1) is 0 Å². The number of benzene rings is 1. The molecule has 0 aliphatic heterocycles. The Kier molecular flexibility index (Phi) is 4.99. The van der Waals surface area contributed by atoms with E-state index < -0.39 is 5.91 Å². The Bertz CT molecular complexity index is 488. The maximum atomic E-state index is 11.9. The summed E-state index contributed by atoms with van der Waals surface area (Å²) < 4.78 is 10.1. The second kappa shape index (κ2) is 6.48. The summed E-state index contributed by atoms with van der Waals surface area (Å²) in [6.45, 7) is -0.131. The van der Waals surface area contributed by atoms with Crippen molar-refractivity contribution < 1.29 is 19.1 Å². The van der Waals surface area contributed by atoms with Crippen LogP contribution >= 0.6 is 0 Å². The van der Waals surface area contributed by atoms with Crippen molar-refractivity contribution in [2.75, 3.05) is 33.5 Å². The monoisotopic (exact) mass is 267 g/mol. The summed E-state index contributed by atoms with van der Waals surface area (Å²) in [7, 11) is 4.39. The number of nitrogens with one attached hydrogen (secondary N) is 2. The predicted octanol–water partition coefficient (Wildman–Crippen LogP) is -0.238. The van der Waals surface area contributed by atoms with Crippen LogP contribution in [0.15, 0.2) is 12.1 Å². The fourth-order valence-corrected chi connectivity index (χ4v) is 1.42. The molecule has 0 fully saturated rings. The van der Waals surface area contributed by atoms with E-state index in [1.54, 1.807) is 6.07 Å². The zero-order chi connectivity index (χ0) is 14.4. The van der Waals surface area contributed by atoms with Crippen molar-refractivity contribution in [1.82, 2.24) is 10.6 Å². The minimum absolute atomic E-state index is 0.131. The molecule has 4 N–H and O–H groups in total. The predicted molar refractivity (Wildman–Crippen MR) is 70.4 cm³/mol. The van der Waals surface area contributed by atoms with Gasteiger partial charge in [0.25, 0.3) is 5.91 Å². The molecule has 0 spiro atoms. The van der Waals surface area contributed by atoms with E-state index in [0.29, 0.717) is 11.5 Å². The highest BCUT2D eigenvalue weighted by molar-refractivity contribution is 6.02.